The lowest BCUT2D eigenvalue weighted by Gasteiger charge is -2.18. The second-order valence-corrected chi connectivity index (χ2v) is 9.78. The summed E-state index contributed by atoms with van der Waals surface area (Å²) in [7, 11) is 0. The first kappa shape index (κ1) is 26.2. The molecule has 196 valence electrons. The van der Waals surface area contributed by atoms with Crippen molar-refractivity contribution in [2.45, 2.75) is 32.5 Å². The number of alkyl halides is 3. The van der Waals surface area contributed by atoms with Crippen molar-refractivity contribution in [3.63, 3.8) is 0 Å². The van der Waals surface area contributed by atoms with Gasteiger partial charge in [0.2, 0.25) is 0 Å². The molecule has 1 N–H and O–H groups in total. The molecule has 0 unspecified atom stereocenters. The van der Waals surface area contributed by atoms with Crippen molar-refractivity contribution < 1.29 is 18.0 Å². The number of aromatic nitrogens is 1. The largest absolute Gasteiger partial charge is 0.418 e. The SMILES string of the molecule is CC(C)c1ccc(CNc2cccc(-c3c(-c4ccccc4C=O)cnc4c(C(F)(F)F)cccc34)c2)cc1. The van der Waals surface area contributed by atoms with E-state index in [4.69, 9.17) is 0 Å². The Balaban J connectivity index is 1.63. The fourth-order valence-corrected chi connectivity index (χ4v) is 4.82. The molecule has 0 amide bonds. The minimum Gasteiger partial charge on any atom is -0.381 e. The van der Waals surface area contributed by atoms with E-state index in [1.807, 2.05) is 24.3 Å². The highest BCUT2D eigenvalue weighted by Gasteiger charge is 2.33. The highest BCUT2D eigenvalue weighted by molar-refractivity contribution is 6.05. The van der Waals surface area contributed by atoms with Gasteiger partial charge in [0.05, 0.1) is 11.1 Å². The molecule has 0 aliphatic carbocycles. The molecule has 1 aromatic heterocycles. The fourth-order valence-electron chi connectivity index (χ4n) is 4.82. The summed E-state index contributed by atoms with van der Waals surface area (Å²) in [6.45, 7) is 4.90. The zero-order valence-electron chi connectivity index (χ0n) is 21.6. The molecule has 39 heavy (non-hydrogen) atoms. The molecule has 4 aromatic carbocycles. The molecule has 0 bridgehead atoms. The summed E-state index contributed by atoms with van der Waals surface area (Å²) < 4.78 is 41.7. The second kappa shape index (κ2) is 10.7. The molecule has 3 nitrogen and oxygen atoms in total. The number of pyridine rings is 1. The molecule has 0 aliphatic heterocycles. The van der Waals surface area contributed by atoms with E-state index in [9.17, 15) is 18.0 Å². The van der Waals surface area contributed by atoms with E-state index < -0.39 is 11.7 Å². The third-order valence-corrected chi connectivity index (χ3v) is 6.88. The van der Waals surface area contributed by atoms with Crippen molar-refractivity contribution >= 4 is 22.9 Å². The van der Waals surface area contributed by atoms with Gasteiger partial charge in [-0.15, -0.1) is 0 Å². The Labute approximate surface area is 225 Å². The van der Waals surface area contributed by atoms with E-state index in [1.165, 1.54) is 17.8 Å². The number of nitrogens with zero attached hydrogens (tertiary/aromatic N) is 1. The van der Waals surface area contributed by atoms with E-state index in [0.29, 0.717) is 40.1 Å². The van der Waals surface area contributed by atoms with Crippen LogP contribution in [0.25, 0.3) is 33.2 Å². The normalized spacial score (nSPS) is 11.6. The first-order valence-electron chi connectivity index (χ1n) is 12.7. The smallest absolute Gasteiger partial charge is 0.381 e. The van der Waals surface area contributed by atoms with Crippen LogP contribution in [0.4, 0.5) is 18.9 Å². The van der Waals surface area contributed by atoms with Crippen molar-refractivity contribution in [3.05, 3.63) is 119 Å². The first-order chi connectivity index (χ1) is 18.8. The predicted octanol–water partition coefficient (Wildman–Crippen LogP) is 9.14. The van der Waals surface area contributed by atoms with Crippen molar-refractivity contribution in [3.8, 4) is 22.3 Å². The number of rotatable bonds is 7. The van der Waals surface area contributed by atoms with E-state index >= 15 is 0 Å². The monoisotopic (exact) mass is 524 g/mol. The number of hydrogen-bond acceptors (Lipinski definition) is 3. The number of aldehydes is 1. The van der Waals surface area contributed by atoms with Gasteiger partial charge in [-0.2, -0.15) is 13.2 Å². The maximum absolute atomic E-state index is 13.9. The lowest BCUT2D eigenvalue weighted by molar-refractivity contribution is -0.136. The topological polar surface area (TPSA) is 42.0 Å². The van der Waals surface area contributed by atoms with Gasteiger partial charge in [0.1, 0.15) is 0 Å². The molecule has 0 saturated heterocycles. The Hall–Kier alpha value is -4.45. The van der Waals surface area contributed by atoms with Gasteiger partial charge in [-0.25, -0.2) is 0 Å². The number of nitrogens with one attached hydrogen (secondary N) is 1. The second-order valence-electron chi connectivity index (χ2n) is 9.78. The number of halogens is 3. The molecular weight excluding hydrogens is 497 g/mol. The van der Waals surface area contributed by atoms with Gasteiger partial charge in [-0.3, -0.25) is 9.78 Å². The molecule has 0 saturated carbocycles. The van der Waals surface area contributed by atoms with Gasteiger partial charge in [0.15, 0.2) is 6.29 Å². The maximum atomic E-state index is 13.9. The maximum Gasteiger partial charge on any atom is 0.418 e. The molecule has 0 atom stereocenters. The summed E-state index contributed by atoms with van der Waals surface area (Å²) in [5, 5.41) is 3.80. The van der Waals surface area contributed by atoms with Crippen LogP contribution in [0.3, 0.4) is 0 Å². The van der Waals surface area contributed by atoms with Gasteiger partial charge in [-0.05, 0) is 46.4 Å². The van der Waals surface area contributed by atoms with E-state index in [-0.39, 0.29) is 5.52 Å². The molecule has 6 heteroatoms. The zero-order valence-corrected chi connectivity index (χ0v) is 21.6. The number of para-hydroxylation sites is 1. The van der Waals surface area contributed by atoms with Gasteiger partial charge in [-0.1, -0.05) is 86.6 Å². The zero-order chi connectivity index (χ0) is 27.6. The third-order valence-electron chi connectivity index (χ3n) is 6.88. The Morgan fingerprint density at radius 1 is 0.872 bits per heavy atom. The molecule has 0 radical (unpaired) electrons. The summed E-state index contributed by atoms with van der Waals surface area (Å²) >= 11 is 0. The molecule has 0 fully saturated rings. The van der Waals surface area contributed by atoms with E-state index in [0.717, 1.165) is 29.2 Å². The summed E-state index contributed by atoms with van der Waals surface area (Å²) in [6, 6.07) is 27.1. The van der Waals surface area contributed by atoms with Crippen LogP contribution >= 0.6 is 0 Å². The van der Waals surface area contributed by atoms with Gasteiger partial charge in [0.25, 0.3) is 0 Å². The predicted molar refractivity (Wildman–Crippen MR) is 151 cm³/mol. The summed E-state index contributed by atoms with van der Waals surface area (Å²) in [5.41, 5.74) is 5.23. The van der Waals surface area contributed by atoms with Crippen LogP contribution in [0.2, 0.25) is 0 Å². The average molecular weight is 525 g/mol. The van der Waals surface area contributed by atoms with Gasteiger partial charge in [0, 0.05) is 40.5 Å². The Bertz CT molecular complexity index is 1640. The number of anilines is 1. The first-order valence-corrected chi connectivity index (χ1v) is 12.7. The fraction of sp³-hybridized carbons (Fsp3) is 0.152. The number of carbonyl (C=O) groups is 1. The summed E-state index contributed by atoms with van der Waals surface area (Å²) in [5.74, 6) is 0.454. The van der Waals surface area contributed by atoms with Gasteiger partial charge < -0.3 is 5.32 Å². The van der Waals surface area contributed by atoms with Crippen LogP contribution in [-0.2, 0) is 12.7 Å². The van der Waals surface area contributed by atoms with Crippen molar-refractivity contribution in [2.75, 3.05) is 5.32 Å². The molecule has 5 rings (SSSR count). The molecule has 1 heterocycles. The highest BCUT2D eigenvalue weighted by Crippen LogP contribution is 2.42. The van der Waals surface area contributed by atoms with Crippen molar-refractivity contribution in [2.24, 2.45) is 0 Å². The molecule has 0 aliphatic rings. The quantitative estimate of drug-likeness (QED) is 0.216. The Morgan fingerprint density at radius 3 is 2.33 bits per heavy atom. The Morgan fingerprint density at radius 2 is 1.62 bits per heavy atom. The van der Waals surface area contributed by atoms with Crippen LogP contribution in [0.1, 0.15) is 46.8 Å². The third kappa shape index (κ3) is 5.41. The van der Waals surface area contributed by atoms with Crippen LogP contribution in [-0.4, -0.2) is 11.3 Å². The summed E-state index contributed by atoms with van der Waals surface area (Å²) in [4.78, 5) is 16.1. The standard InChI is InChI=1S/C33H27F3N2O/c1-21(2)23-15-13-22(14-16-23)18-37-26-9-5-8-24(17-26)31-28-11-6-12-30(33(34,35)36)32(28)38-19-29(31)27-10-4-3-7-25(27)20-39/h3-17,19-21,37H,18H2,1-2H3. The molecule has 0 spiro atoms. The lowest BCUT2D eigenvalue weighted by Crippen LogP contribution is -2.07. The van der Waals surface area contributed by atoms with Crippen molar-refractivity contribution in [1.29, 1.82) is 0 Å². The minimum atomic E-state index is -4.56. The average Bonchev–Trinajstić information content (AvgIpc) is 2.95. The lowest BCUT2D eigenvalue weighted by atomic mass is 9.89. The van der Waals surface area contributed by atoms with Crippen LogP contribution in [0.5, 0.6) is 0 Å². The van der Waals surface area contributed by atoms with Crippen LogP contribution < -0.4 is 5.32 Å². The van der Waals surface area contributed by atoms with Crippen LogP contribution in [0.15, 0.2) is 97.2 Å². The molecule has 5 aromatic rings. The number of fused-ring (bicyclic) bond motifs is 1. The number of hydrogen-bond donors (Lipinski definition) is 1. The summed E-state index contributed by atoms with van der Waals surface area (Å²) in [6.07, 6.45) is -2.37. The number of carbonyl (C=O) groups excluding carboxylic acids is 1. The Kier molecular flexibility index (Phi) is 7.20. The van der Waals surface area contributed by atoms with Gasteiger partial charge >= 0.3 is 6.18 Å². The van der Waals surface area contributed by atoms with Crippen LogP contribution in [0, 0.1) is 0 Å². The van der Waals surface area contributed by atoms with E-state index in [1.54, 1.807) is 30.3 Å². The van der Waals surface area contributed by atoms with E-state index in [2.05, 4.69) is 48.4 Å². The van der Waals surface area contributed by atoms with Crippen molar-refractivity contribution in [1.82, 2.24) is 4.98 Å². The minimum absolute atomic E-state index is 0.129. The highest BCUT2D eigenvalue weighted by atomic mass is 19.4. The molecular formula is C33H27F3N2O. The number of benzene rings is 4.